The molecule has 0 aromatic heterocycles. The highest BCUT2D eigenvalue weighted by molar-refractivity contribution is 5.87. The lowest BCUT2D eigenvalue weighted by Crippen LogP contribution is -2.33. The van der Waals surface area contributed by atoms with E-state index in [-0.39, 0.29) is 17.8 Å². The minimum absolute atomic E-state index is 0.0688. The molecule has 1 unspecified atom stereocenters. The van der Waals surface area contributed by atoms with Gasteiger partial charge in [-0.25, -0.2) is 0 Å². The summed E-state index contributed by atoms with van der Waals surface area (Å²) in [6.45, 7) is 6.09. The maximum atomic E-state index is 12.0. The lowest BCUT2D eigenvalue weighted by molar-refractivity contribution is -0.128. The highest BCUT2D eigenvalue weighted by atomic mass is 16.3. The zero-order valence-electron chi connectivity index (χ0n) is 11.9. The average Bonchev–Trinajstić information content (AvgIpc) is 2.63. The molecule has 18 heavy (non-hydrogen) atoms. The van der Waals surface area contributed by atoms with Crippen molar-refractivity contribution in [3.8, 4) is 0 Å². The molecule has 0 aliphatic heterocycles. The van der Waals surface area contributed by atoms with Crippen LogP contribution in [0.25, 0.3) is 0 Å². The zero-order valence-corrected chi connectivity index (χ0v) is 11.9. The van der Waals surface area contributed by atoms with E-state index in [9.17, 15) is 9.59 Å². The molecule has 3 atom stereocenters. The van der Waals surface area contributed by atoms with Gasteiger partial charge in [0.05, 0.1) is 0 Å². The van der Waals surface area contributed by atoms with Crippen molar-refractivity contribution < 1.29 is 14.7 Å². The first-order valence-corrected chi connectivity index (χ1v) is 7.11. The van der Waals surface area contributed by atoms with Crippen LogP contribution in [0.3, 0.4) is 0 Å². The van der Waals surface area contributed by atoms with Crippen molar-refractivity contribution in [2.24, 2.45) is 17.3 Å². The summed E-state index contributed by atoms with van der Waals surface area (Å²) < 4.78 is 0. The molecule has 3 nitrogen and oxygen atoms in total. The molecule has 1 saturated carbocycles. The van der Waals surface area contributed by atoms with Gasteiger partial charge in [-0.2, -0.15) is 0 Å². The Kier molecular flexibility index (Phi) is 5.51. The van der Waals surface area contributed by atoms with Crippen LogP contribution in [0.1, 0.15) is 59.3 Å². The quantitative estimate of drug-likeness (QED) is 0.760. The van der Waals surface area contributed by atoms with Crippen molar-refractivity contribution in [1.29, 1.82) is 0 Å². The summed E-state index contributed by atoms with van der Waals surface area (Å²) in [5.41, 5.74) is -0.372. The number of aliphatic hydroxyl groups is 1. The Bertz CT molecular complexity index is 311. The Morgan fingerprint density at radius 2 is 2.22 bits per heavy atom. The summed E-state index contributed by atoms with van der Waals surface area (Å²) in [6, 6.07) is 0. The van der Waals surface area contributed by atoms with E-state index in [1.807, 2.05) is 13.8 Å². The van der Waals surface area contributed by atoms with Gasteiger partial charge in [0.1, 0.15) is 11.6 Å². The van der Waals surface area contributed by atoms with Crippen molar-refractivity contribution in [1.82, 2.24) is 0 Å². The van der Waals surface area contributed by atoms with Gasteiger partial charge in [0.25, 0.3) is 0 Å². The molecular weight excluding hydrogens is 228 g/mol. The van der Waals surface area contributed by atoms with Gasteiger partial charge in [-0.05, 0) is 31.1 Å². The molecule has 3 heteroatoms. The second-order valence-electron chi connectivity index (χ2n) is 5.87. The van der Waals surface area contributed by atoms with E-state index in [1.54, 1.807) is 0 Å². The van der Waals surface area contributed by atoms with E-state index in [0.717, 1.165) is 12.8 Å². The number of rotatable bonds is 7. The van der Waals surface area contributed by atoms with Crippen LogP contribution in [0.4, 0.5) is 0 Å². The van der Waals surface area contributed by atoms with Crippen molar-refractivity contribution in [3.05, 3.63) is 0 Å². The zero-order chi connectivity index (χ0) is 13.8. The van der Waals surface area contributed by atoms with E-state index >= 15 is 0 Å². The van der Waals surface area contributed by atoms with Crippen LogP contribution in [-0.4, -0.2) is 23.3 Å². The number of carbonyl (C=O) groups excluding carboxylic acids is 2. The number of carbonyl (C=O) groups is 2. The van der Waals surface area contributed by atoms with Crippen LogP contribution in [0.5, 0.6) is 0 Å². The molecule has 1 fully saturated rings. The van der Waals surface area contributed by atoms with Gasteiger partial charge in [-0.15, -0.1) is 0 Å². The molecule has 1 rings (SSSR count). The highest BCUT2D eigenvalue weighted by Gasteiger charge is 2.47. The van der Waals surface area contributed by atoms with Crippen molar-refractivity contribution >= 4 is 11.6 Å². The lowest BCUT2D eigenvalue weighted by atomic mass is 9.70. The highest BCUT2D eigenvalue weighted by Crippen LogP contribution is 2.47. The van der Waals surface area contributed by atoms with Crippen LogP contribution >= 0.6 is 0 Å². The molecule has 1 N–H and O–H groups in total. The summed E-state index contributed by atoms with van der Waals surface area (Å²) in [5.74, 6) is 1.29. The van der Waals surface area contributed by atoms with Gasteiger partial charge in [0.2, 0.25) is 0 Å². The first kappa shape index (κ1) is 15.4. The van der Waals surface area contributed by atoms with Crippen LogP contribution in [0.15, 0.2) is 0 Å². The van der Waals surface area contributed by atoms with Crippen molar-refractivity contribution in [2.45, 2.75) is 59.3 Å². The largest absolute Gasteiger partial charge is 0.396 e. The number of hydrogen-bond acceptors (Lipinski definition) is 3. The predicted molar refractivity (Wildman–Crippen MR) is 71.2 cm³/mol. The molecule has 0 bridgehead atoms. The van der Waals surface area contributed by atoms with Crippen LogP contribution in [0, 0.1) is 17.3 Å². The van der Waals surface area contributed by atoms with E-state index in [2.05, 4.69) is 6.92 Å². The lowest BCUT2D eigenvalue weighted by Gasteiger charge is -2.33. The first-order valence-electron chi connectivity index (χ1n) is 7.11. The fourth-order valence-corrected chi connectivity index (χ4v) is 3.33. The van der Waals surface area contributed by atoms with Crippen LogP contribution < -0.4 is 0 Å². The number of ketones is 2. The fraction of sp³-hybridized carbons (Fsp3) is 0.867. The summed E-state index contributed by atoms with van der Waals surface area (Å²) >= 11 is 0. The van der Waals surface area contributed by atoms with Gasteiger partial charge in [0.15, 0.2) is 0 Å². The van der Waals surface area contributed by atoms with E-state index in [4.69, 9.17) is 5.11 Å². The van der Waals surface area contributed by atoms with Gasteiger partial charge < -0.3 is 5.11 Å². The molecule has 0 spiro atoms. The third-order valence-corrected chi connectivity index (χ3v) is 4.73. The predicted octanol–water partition coefficient (Wildman–Crippen LogP) is 2.75. The van der Waals surface area contributed by atoms with E-state index in [0.29, 0.717) is 43.3 Å². The van der Waals surface area contributed by atoms with Gasteiger partial charge >= 0.3 is 0 Å². The van der Waals surface area contributed by atoms with Gasteiger partial charge in [-0.3, -0.25) is 9.59 Å². The maximum absolute atomic E-state index is 12.0. The molecule has 0 amide bonds. The fourth-order valence-electron chi connectivity index (χ4n) is 3.33. The maximum Gasteiger partial charge on any atom is 0.139 e. The molecule has 0 aromatic carbocycles. The van der Waals surface area contributed by atoms with Crippen molar-refractivity contribution in [2.75, 3.05) is 6.61 Å². The first-order chi connectivity index (χ1) is 8.45. The Morgan fingerprint density at radius 3 is 2.78 bits per heavy atom. The van der Waals surface area contributed by atoms with E-state index in [1.165, 1.54) is 0 Å². The normalized spacial score (nSPS) is 29.6. The molecule has 0 radical (unpaired) electrons. The molecule has 1 aliphatic carbocycles. The van der Waals surface area contributed by atoms with E-state index < -0.39 is 0 Å². The SMILES string of the molecule is CCC(=O)CC[C@H](C)C1CCC(=O)[C@@]1(C)CCO. The molecule has 104 valence electrons. The van der Waals surface area contributed by atoms with Crippen molar-refractivity contribution in [3.63, 3.8) is 0 Å². The monoisotopic (exact) mass is 254 g/mol. The Morgan fingerprint density at radius 1 is 1.56 bits per heavy atom. The topological polar surface area (TPSA) is 54.4 Å². The smallest absolute Gasteiger partial charge is 0.139 e. The van der Waals surface area contributed by atoms with Gasteiger partial charge in [-0.1, -0.05) is 20.8 Å². The summed E-state index contributed by atoms with van der Waals surface area (Å²) in [4.78, 5) is 23.4. The minimum Gasteiger partial charge on any atom is -0.396 e. The molecule has 0 aromatic rings. The minimum atomic E-state index is -0.372. The summed E-state index contributed by atoms with van der Waals surface area (Å²) in [7, 11) is 0. The molecule has 0 saturated heterocycles. The third-order valence-electron chi connectivity index (χ3n) is 4.73. The Labute approximate surface area is 110 Å². The number of Topliss-reactive ketones (excluding diaryl/α,β-unsaturated/α-hetero) is 2. The van der Waals surface area contributed by atoms with Crippen LogP contribution in [0.2, 0.25) is 0 Å². The molecular formula is C15H26O3. The second-order valence-corrected chi connectivity index (χ2v) is 5.87. The number of aliphatic hydroxyl groups excluding tert-OH is 1. The molecule has 1 aliphatic rings. The standard InChI is InChI=1S/C15H26O3/c1-4-12(17)6-5-11(2)13-7-8-14(18)15(13,3)9-10-16/h11,13,16H,4-10H2,1-3H3/t11-,13?,15-/m0/s1. The summed E-state index contributed by atoms with van der Waals surface area (Å²) in [5, 5.41) is 9.16. The molecule has 0 heterocycles. The summed E-state index contributed by atoms with van der Waals surface area (Å²) in [6.07, 6.45) is 4.19. The number of hydrogen-bond donors (Lipinski definition) is 1. The van der Waals surface area contributed by atoms with Crippen LogP contribution in [-0.2, 0) is 9.59 Å². The third kappa shape index (κ3) is 3.19. The average molecular weight is 254 g/mol. The Hall–Kier alpha value is -0.700. The second kappa shape index (κ2) is 6.46. The Balaban J connectivity index is 2.63. The van der Waals surface area contributed by atoms with Gasteiger partial charge in [0, 0.05) is 31.3 Å².